The molecule has 0 unspecified atom stereocenters. The molecule has 2 aromatic heterocycles. The summed E-state index contributed by atoms with van der Waals surface area (Å²) in [7, 11) is 9.61. The molecule has 2 aromatic rings. The molecule has 0 saturated heterocycles. The van der Waals surface area contributed by atoms with E-state index in [1.165, 1.54) is 0 Å². The van der Waals surface area contributed by atoms with E-state index >= 15 is 0 Å². The topological polar surface area (TPSA) is 62.6 Å². The van der Waals surface area contributed by atoms with Crippen LogP contribution in [0.2, 0.25) is 0 Å². The zero-order valence-corrected chi connectivity index (χ0v) is 16.3. The van der Waals surface area contributed by atoms with Gasteiger partial charge < -0.3 is 0 Å². The van der Waals surface area contributed by atoms with Gasteiger partial charge in [0.1, 0.15) is 0 Å². The first-order chi connectivity index (χ1) is 10.7. The Hall–Kier alpha value is -1.34. The van der Waals surface area contributed by atoms with Crippen molar-refractivity contribution in [2.75, 3.05) is 42.3 Å². The van der Waals surface area contributed by atoms with E-state index in [2.05, 4.69) is 42.8 Å². The summed E-state index contributed by atoms with van der Waals surface area (Å²) in [4.78, 5) is 13.2. The van der Waals surface area contributed by atoms with Gasteiger partial charge in [0.25, 0.3) is 0 Å². The van der Waals surface area contributed by atoms with Crippen molar-refractivity contribution in [2.24, 2.45) is 0 Å². The molecule has 2 heterocycles. The second-order valence-electron chi connectivity index (χ2n) is 6.46. The molecule has 0 aliphatic rings. The van der Waals surface area contributed by atoms with Gasteiger partial charge >= 0.3 is 138 Å². The fraction of sp³-hybridized carbons (Fsp3) is 0.643. The predicted molar refractivity (Wildman–Crippen MR) is 95.7 cm³/mol. The van der Waals surface area contributed by atoms with Crippen molar-refractivity contribution in [3.8, 4) is 5.88 Å². The van der Waals surface area contributed by atoms with E-state index in [4.69, 9.17) is 4.52 Å². The van der Waals surface area contributed by atoms with Gasteiger partial charge in [0.2, 0.25) is 0 Å². The first-order valence-electron chi connectivity index (χ1n) is 7.60. The van der Waals surface area contributed by atoms with Crippen molar-refractivity contribution >= 4 is 19.1 Å². The molecule has 0 N–H and O–H groups in total. The van der Waals surface area contributed by atoms with E-state index in [1.54, 1.807) is 12.7 Å². The third kappa shape index (κ3) is 3.04. The number of nitrogens with zero attached hydrogens (tertiary/aromatic N) is 7. The minimum absolute atomic E-state index is 0.279. The molecule has 9 heteroatoms. The second kappa shape index (κ2) is 6.65. The molecule has 0 aromatic carbocycles. The summed E-state index contributed by atoms with van der Waals surface area (Å²) in [6, 6.07) is 0.279. The van der Waals surface area contributed by atoms with Crippen LogP contribution in [-0.4, -0.2) is 75.8 Å². The number of imidazole rings is 1. The Labute approximate surface area is 138 Å². The molecule has 0 aliphatic heterocycles. The van der Waals surface area contributed by atoms with Gasteiger partial charge in [-0.3, -0.25) is 0 Å². The molecule has 8 nitrogen and oxygen atoms in total. The van der Waals surface area contributed by atoms with Crippen LogP contribution in [0.25, 0.3) is 11.2 Å². The van der Waals surface area contributed by atoms with Crippen LogP contribution >= 0.6 is 7.94 Å². The van der Waals surface area contributed by atoms with Gasteiger partial charge in [0.05, 0.1) is 0 Å². The van der Waals surface area contributed by atoms with Gasteiger partial charge in [0, 0.05) is 0 Å². The van der Waals surface area contributed by atoms with Crippen LogP contribution in [0, 0.1) is 0 Å². The molecular formula is C14H28N7OP. The van der Waals surface area contributed by atoms with Crippen LogP contribution in [0.5, 0.6) is 5.88 Å². The summed E-state index contributed by atoms with van der Waals surface area (Å²) >= 11 is 0. The zero-order valence-electron chi connectivity index (χ0n) is 15.3. The first kappa shape index (κ1) is 18.0. The quantitative estimate of drug-likeness (QED) is 0.743. The molecule has 0 aliphatic carbocycles. The van der Waals surface area contributed by atoms with E-state index < -0.39 is 7.94 Å². The molecule has 23 heavy (non-hydrogen) atoms. The van der Waals surface area contributed by atoms with E-state index in [0.29, 0.717) is 11.4 Å². The summed E-state index contributed by atoms with van der Waals surface area (Å²) in [5, 5.41) is 0. The van der Waals surface area contributed by atoms with E-state index in [0.717, 1.165) is 5.65 Å². The fourth-order valence-electron chi connectivity index (χ4n) is 2.89. The van der Waals surface area contributed by atoms with Crippen molar-refractivity contribution in [3.63, 3.8) is 0 Å². The second-order valence-corrected chi connectivity index (χ2v) is 10.5. The minimum atomic E-state index is -2.54. The molecule has 2 rings (SSSR count). The van der Waals surface area contributed by atoms with Crippen LogP contribution in [0.4, 0.5) is 0 Å². The Morgan fingerprint density at radius 1 is 0.957 bits per heavy atom. The normalized spacial score (nSPS) is 13.7. The Kier molecular flexibility index (Phi) is 5.20. The van der Waals surface area contributed by atoms with Crippen molar-refractivity contribution < 1.29 is 4.52 Å². The van der Waals surface area contributed by atoms with Crippen molar-refractivity contribution in [3.05, 3.63) is 12.7 Å². The fourth-order valence-corrected chi connectivity index (χ4v) is 6.24. The number of rotatable bonds is 6. The van der Waals surface area contributed by atoms with Crippen molar-refractivity contribution in [1.29, 1.82) is 0 Å². The van der Waals surface area contributed by atoms with E-state index in [-0.39, 0.29) is 6.04 Å². The molecule has 0 spiro atoms. The average Bonchev–Trinajstić information content (AvgIpc) is 2.88. The molecule has 0 radical (unpaired) electrons. The number of hydrogen-bond acceptors (Lipinski definition) is 7. The van der Waals surface area contributed by atoms with Crippen LogP contribution in [0.15, 0.2) is 12.7 Å². The number of aromatic nitrogens is 4. The number of hydrogen-bond donors (Lipinski definition) is 0. The maximum absolute atomic E-state index is 6.48. The van der Waals surface area contributed by atoms with Gasteiger partial charge in [-0.05, 0) is 0 Å². The molecule has 0 fully saturated rings. The molecular weight excluding hydrogens is 313 g/mol. The Morgan fingerprint density at radius 2 is 1.52 bits per heavy atom. The zero-order chi connectivity index (χ0) is 17.4. The van der Waals surface area contributed by atoms with Gasteiger partial charge in [-0.15, -0.1) is 0 Å². The van der Waals surface area contributed by atoms with Gasteiger partial charge in [-0.25, -0.2) is 0 Å². The summed E-state index contributed by atoms with van der Waals surface area (Å²) in [5.41, 5.74) is 1.49. The SMILES string of the molecule is CC(C)n1cnc2c(O[PH](N(C)C)(N(C)C)N(C)C)ncnc21. The van der Waals surface area contributed by atoms with Crippen LogP contribution in [0.1, 0.15) is 19.9 Å². The number of fused-ring (bicyclic) bond motifs is 1. The molecule has 0 atom stereocenters. The Morgan fingerprint density at radius 3 is 2.00 bits per heavy atom. The third-order valence-electron chi connectivity index (χ3n) is 3.86. The van der Waals surface area contributed by atoms with E-state index in [1.807, 2.05) is 46.9 Å². The summed E-state index contributed by atoms with van der Waals surface area (Å²) in [6.45, 7) is 4.20. The molecule has 130 valence electrons. The van der Waals surface area contributed by atoms with E-state index in [9.17, 15) is 0 Å². The van der Waals surface area contributed by atoms with Crippen molar-refractivity contribution in [2.45, 2.75) is 19.9 Å². The van der Waals surface area contributed by atoms with Crippen molar-refractivity contribution in [1.82, 2.24) is 33.5 Å². The molecule has 0 amide bonds. The standard InChI is InChI=1S/C14H28N7OP/c1-11(2)21-10-17-12-13(21)15-9-16-14(12)22-23(18(3)4,19(5)6)20(7)8/h9-11,23H,1-8H3. The average molecular weight is 341 g/mol. The molecule has 0 saturated carbocycles. The predicted octanol–water partition coefficient (Wildman–Crippen LogP) is 1.88. The summed E-state index contributed by atoms with van der Waals surface area (Å²) in [5.74, 6) is 0.525. The Bertz CT molecular complexity index is 646. The van der Waals surface area contributed by atoms with Gasteiger partial charge in [-0.2, -0.15) is 0 Å². The van der Waals surface area contributed by atoms with Crippen LogP contribution < -0.4 is 4.52 Å². The summed E-state index contributed by atoms with van der Waals surface area (Å²) in [6.07, 6.45) is 3.33. The third-order valence-corrected chi connectivity index (χ3v) is 7.83. The first-order valence-corrected chi connectivity index (χ1v) is 9.35. The van der Waals surface area contributed by atoms with Gasteiger partial charge in [-0.1, -0.05) is 0 Å². The Balaban J connectivity index is 2.55. The van der Waals surface area contributed by atoms with Crippen LogP contribution in [-0.2, 0) is 0 Å². The van der Waals surface area contributed by atoms with Gasteiger partial charge in [0.15, 0.2) is 0 Å². The molecule has 0 bridgehead atoms. The maximum atomic E-state index is 6.48. The summed E-state index contributed by atoms with van der Waals surface area (Å²) < 4.78 is 14.9. The monoisotopic (exact) mass is 341 g/mol. The van der Waals surface area contributed by atoms with Crippen LogP contribution in [0.3, 0.4) is 0 Å².